The highest BCUT2D eigenvalue weighted by atomic mass is 32.1. The molecule has 0 unspecified atom stereocenters. The number of amides is 1. The maximum atomic E-state index is 12.5. The second-order valence-electron chi connectivity index (χ2n) is 9.61. The van der Waals surface area contributed by atoms with E-state index in [0.717, 1.165) is 53.9 Å². The summed E-state index contributed by atoms with van der Waals surface area (Å²) in [6.45, 7) is 11.7. The number of rotatable bonds is 6. The van der Waals surface area contributed by atoms with E-state index in [-0.39, 0.29) is 16.9 Å². The molecule has 0 spiro atoms. The maximum Gasteiger partial charge on any atom is 0.275 e. The summed E-state index contributed by atoms with van der Waals surface area (Å²) < 4.78 is 10.4. The third-order valence-electron chi connectivity index (χ3n) is 6.81. The van der Waals surface area contributed by atoms with Crippen LogP contribution in [0.25, 0.3) is 0 Å². The summed E-state index contributed by atoms with van der Waals surface area (Å²) >= 11 is 4.34. The van der Waals surface area contributed by atoms with Gasteiger partial charge in [-0.15, -0.1) is 12.6 Å². The van der Waals surface area contributed by atoms with Crippen LogP contribution in [0.2, 0.25) is 0 Å². The van der Waals surface area contributed by atoms with Crippen LogP contribution in [0, 0.1) is 19.8 Å². The van der Waals surface area contributed by atoms with Gasteiger partial charge in [-0.1, -0.05) is 0 Å². The lowest BCUT2D eigenvalue weighted by molar-refractivity contribution is 0.0588. The van der Waals surface area contributed by atoms with Gasteiger partial charge in [-0.05, 0) is 83.1 Å². The first-order valence-corrected chi connectivity index (χ1v) is 12.9. The van der Waals surface area contributed by atoms with E-state index >= 15 is 0 Å². The lowest BCUT2D eigenvalue weighted by atomic mass is 9.96. The van der Waals surface area contributed by atoms with E-state index in [0.29, 0.717) is 18.1 Å². The maximum absolute atomic E-state index is 12.5. The highest BCUT2D eigenvalue weighted by Gasteiger charge is 2.26. The highest BCUT2D eigenvalue weighted by Crippen LogP contribution is 2.24. The van der Waals surface area contributed by atoms with Crippen molar-refractivity contribution in [2.45, 2.75) is 38.1 Å². The zero-order valence-electron chi connectivity index (χ0n) is 22.8. The molecule has 2 fully saturated rings. The van der Waals surface area contributed by atoms with Gasteiger partial charge in [-0.3, -0.25) is 9.69 Å². The largest absolute Gasteiger partial charge is 0.497 e. The molecule has 37 heavy (non-hydrogen) atoms. The number of hydrogen-bond acceptors (Lipinski definition) is 8. The van der Waals surface area contributed by atoms with E-state index < -0.39 is 0 Å². The molecule has 5 N–H and O–H groups in total. The summed E-state index contributed by atoms with van der Waals surface area (Å²) in [5.74, 6) is 2.25. The Morgan fingerprint density at radius 3 is 2.24 bits per heavy atom. The van der Waals surface area contributed by atoms with Crippen LogP contribution in [-0.2, 0) is 6.54 Å². The molecule has 11 heteroatoms. The van der Waals surface area contributed by atoms with Crippen LogP contribution in [0.15, 0.2) is 27.7 Å². The number of aromatic nitrogens is 1. The van der Waals surface area contributed by atoms with Gasteiger partial charge in [0.1, 0.15) is 12.0 Å². The molecule has 1 aromatic carbocycles. The summed E-state index contributed by atoms with van der Waals surface area (Å²) in [5.41, 5.74) is 2.74. The number of ether oxygens (including phenoxy) is 1. The monoisotopic (exact) mass is 539 g/mol. The fourth-order valence-electron chi connectivity index (χ4n) is 4.58. The van der Waals surface area contributed by atoms with Gasteiger partial charge < -0.3 is 35.2 Å². The van der Waals surface area contributed by atoms with Gasteiger partial charge in [0.05, 0.1) is 13.7 Å². The van der Waals surface area contributed by atoms with Crippen LogP contribution in [0.5, 0.6) is 5.75 Å². The molecule has 210 valence electrons. The van der Waals surface area contributed by atoms with Crippen LogP contribution in [-0.4, -0.2) is 104 Å². The molecule has 1 amide bonds. The third kappa shape index (κ3) is 9.59. The average Bonchev–Trinajstić information content (AvgIpc) is 3.33. The fraction of sp³-hybridized carbons (Fsp3) is 0.615. The van der Waals surface area contributed by atoms with E-state index in [1.807, 2.05) is 37.9 Å². The van der Waals surface area contributed by atoms with Crippen LogP contribution >= 0.6 is 12.6 Å². The molecule has 0 aliphatic carbocycles. The van der Waals surface area contributed by atoms with Crippen molar-refractivity contribution in [3.8, 4) is 5.75 Å². The number of nitrogens with zero attached hydrogens (tertiary/aromatic N) is 4. The number of methoxy groups -OCH3 is 1. The van der Waals surface area contributed by atoms with Gasteiger partial charge in [0, 0.05) is 37.6 Å². The van der Waals surface area contributed by atoms with Gasteiger partial charge in [0.15, 0.2) is 5.69 Å². The molecule has 10 nitrogen and oxygen atoms in total. The molecule has 2 aliphatic rings. The molecule has 0 bridgehead atoms. The number of carbonyl (C=O) groups excluding carboxylic acids is 1. The number of oxazole rings is 1. The molecule has 0 saturated carbocycles. The van der Waals surface area contributed by atoms with Crippen molar-refractivity contribution in [3.63, 3.8) is 0 Å². The Labute approximate surface area is 226 Å². The van der Waals surface area contributed by atoms with Crippen molar-refractivity contribution in [1.29, 1.82) is 0 Å². The molecular formula is C26H45N5O5S. The molecule has 1 aromatic heterocycles. The van der Waals surface area contributed by atoms with Crippen molar-refractivity contribution in [2.24, 2.45) is 5.92 Å². The smallest absolute Gasteiger partial charge is 0.275 e. The van der Waals surface area contributed by atoms with Crippen molar-refractivity contribution in [1.82, 2.24) is 25.0 Å². The number of piperidine rings is 1. The number of likely N-dealkylation sites (tertiary alicyclic amines) is 1. The standard InChI is InChI=1S/C17H29N5O2.C9H12OS.2H2O/c1-18-11-16-19-15(13-24-16)17(23)22-9-7-21(8-10-22)12-14-3-5-20(2)6-4-14;1-6-4-8(10-3)5-7(2)9(6)11;;/h13-14,18H,3-12H2,1-2H3;4-5,11H,1-3H3;2*1H2. The summed E-state index contributed by atoms with van der Waals surface area (Å²) in [6.07, 6.45) is 4.06. The van der Waals surface area contributed by atoms with Crippen LogP contribution in [0.3, 0.4) is 0 Å². The highest BCUT2D eigenvalue weighted by molar-refractivity contribution is 7.80. The lowest BCUT2D eigenvalue weighted by Gasteiger charge is -2.38. The topological polar surface area (TPSA) is 137 Å². The minimum Gasteiger partial charge on any atom is -0.497 e. The van der Waals surface area contributed by atoms with E-state index in [2.05, 4.69) is 39.8 Å². The zero-order chi connectivity index (χ0) is 25.4. The molecule has 4 rings (SSSR count). The minimum atomic E-state index is -0.0138. The second-order valence-corrected chi connectivity index (χ2v) is 10.1. The second kappa shape index (κ2) is 16.0. The Morgan fingerprint density at radius 1 is 1.11 bits per heavy atom. The lowest BCUT2D eigenvalue weighted by Crippen LogP contribution is -2.50. The van der Waals surface area contributed by atoms with E-state index in [1.165, 1.54) is 38.7 Å². The Balaban J connectivity index is 0.000000448. The molecule has 2 aliphatic heterocycles. The summed E-state index contributed by atoms with van der Waals surface area (Å²) in [4.78, 5) is 24.6. The summed E-state index contributed by atoms with van der Waals surface area (Å²) in [5, 5.41) is 2.97. The van der Waals surface area contributed by atoms with Crippen molar-refractivity contribution >= 4 is 18.5 Å². The van der Waals surface area contributed by atoms with E-state index in [4.69, 9.17) is 9.15 Å². The first kappa shape index (κ1) is 32.9. The number of nitrogens with one attached hydrogen (secondary N) is 1. The van der Waals surface area contributed by atoms with Crippen molar-refractivity contribution in [2.75, 3.05) is 67.0 Å². The quantitative estimate of drug-likeness (QED) is 0.530. The van der Waals surface area contributed by atoms with Crippen LogP contribution in [0.4, 0.5) is 0 Å². The SMILES string of the molecule is CNCc1nc(C(=O)N2CCN(CC3CCN(C)CC3)CC2)co1.COc1cc(C)c(S)c(C)c1.O.O. The number of piperazine rings is 1. The molecule has 2 aromatic rings. The molecular weight excluding hydrogens is 494 g/mol. The first-order chi connectivity index (χ1) is 16.8. The van der Waals surface area contributed by atoms with Crippen molar-refractivity contribution in [3.05, 3.63) is 41.1 Å². The Hall–Kier alpha value is -2.15. The number of aryl methyl sites for hydroxylation is 2. The number of thiol groups is 1. The third-order valence-corrected chi connectivity index (χ3v) is 7.52. The van der Waals surface area contributed by atoms with E-state index in [1.54, 1.807) is 7.11 Å². The number of benzene rings is 1. The van der Waals surface area contributed by atoms with Gasteiger partial charge in [-0.2, -0.15) is 0 Å². The summed E-state index contributed by atoms with van der Waals surface area (Å²) in [7, 11) is 5.70. The molecule has 0 atom stereocenters. The Morgan fingerprint density at radius 2 is 1.70 bits per heavy atom. The van der Waals surface area contributed by atoms with Crippen LogP contribution < -0.4 is 10.1 Å². The van der Waals surface area contributed by atoms with Gasteiger partial charge in [-0.25, -0.2) is 4.98 Å². The molecule has 3 heterocycles. The molecule has 0 radical (unpaired) electrons. The minimum absolute atomic E-state index is 0. The number of carbonyl (C=O) groups is 1. The fourth-order valence-corrected chi connectivity index (χ4v) is 4.71. The summed E-state index contributed by atoms with van der Waals surface area (Å²) in [6, 6.07) is 3.96. The Bertz CT molecular complexity index is 934. The van der Waals surface area contributed by atoms with Gasteiger partial charge >= 0.3 is 0 Å². The predicted octanol–water partition coefficient (Wildman–Crippen LogP) is 1.44. The van der Waals surface area contributed by atoms with Gasteiger partial charge in [0.25, 0.3) is 5.91 Å². The normalized spacial score (nSPS) is 16.8. The average molecular weight is 540 g/mol. The zero-order valence-corrected chi connectivity index (χ0v) is 23.7. The van der Waals surface area contributed by atoms with E-state index in [9.17, 15) is 4.79 Å². The van der Waals surface area contributed by atoms with Crippen LogP contribution in [0.1, 0.15) is 40.3 Å². The first-order valence-electron chi connectivity index (χ1n) is 12.4. The molecule has 2 saturated heterocycles. The predicted molar refractivity (Wildman–Crippen MR) is 149 cm³/mol. The Kier molecular flexibility index (Phi) is 14.2. The van der Waals surface area contributed by atoms with Gasteiger partial charge in [0.2, 0.25) is 5.89 Å². The van der Waals surface area contributed by atoms with Crippen molar-refractivity contribution < 1.29 is 24.9 Å². The number of hydrogen-bond donors (Lipinski definition) is 2.